The first kappa shape index (κ1) is 14.1. The molecule has 0 aliphatic carbocycles. The number of halogens is 2. The number of rotatable bonds is 3. The Hall–Kier alpha value is -0.930. The van der Waals surface area contributed by atoms with Crippen molar-refractivity contribution in [2.75, 3.05) is 0 Å². The molecule has 0 bridgehead atoms. The largest absolute Gasteiger partial charge is 0.321 e. The second-order valence-electron chi connectivity index (χ2n) is 5.22. The van der Waals surface area contributed by atoms with Crippen LogP contribution in [0.4, 0.5) is 4.39 Å². The summed E-state index contributed by atoms with van der Waals surface area (Å²) in [5, 5.41) is 0.390. The molecule has 17 heavy (non-hydrogen) atoms. The van der Waals surface area contributed by atoms with Crippen LogP contribution in [0.15, 0.2) is 18.2 Å². The van der Waals surface area contributed by atoms with Crippen LogP contribution in [0.25, 0.3) is 0 Å². The summed E-state index contributed by atoms with van der Waals surface area (Å²) in [7, 11) is 0. The van der Waals surface area contributed by atoms with Crippen LogP contribution >= 0.6 is 11.6 Å². The maximum Gasteiger partial charge on any atom is 0.154 e. The van der Waals surface area contributed by atoms with Crippen molar-refractivity contribution in [2.45, 2.75) is 33.2 Å². The number of hydrogen-bond donors (Lipinski definition) is 1. The van der Waals surface area contributed by atoms with Gasteiger partial charge in [0, 0.05) is 11.4 Å². The highest BCUT2D eigenvalue weighted by Gasteiger charge is 2.27. The topological polar surface area (TPSA) is 43.1 Å². The summed E-state index contributed by atoms with van der Waals surface area (Å²) in [6.07, 6.45) is 0.0645. The molecule has 0 radical (unpaired) electrons. The lowest BCUT2D eigenvalue weighted by molar-refractivity contribution is -0.121. The first-order valence-electron chi connectivity index (χ1n) is 5.44. The van der Waals surface area contributed by atoms with Gasteiger partial charge in [-0.2, -0.15) is 0 Å². The Morgan fingerprint density at radius 3 is 2.59 bits per heavy atom. The Bertz CT molecular complexity index is 426. The summed E-state index contributed by atoms with van der Waals surface area (Å²) in [6, 6.07) is 3.40. The number of ketones is 1. The van der Waals surface area contributed by atoms with E-state index in [0.717, 1.165) is 0 Å². The average molecular weight is 258 g/mol. The molecule has 1 unspecified atom stereocenters. The molecule has 0 saturated carbocycles. The molecule has 0 fully saturated rings. The predicted molar refractivity (Wildman–Crippen MR) is 67.6 cm³/mol. The third-order valence-corrected chi connectivity index (χ3v) is 3.02. The van der Waals surface area contributed by atoms with Gasteiger partial charge in [-0.15, -0.1) is 0 Å². The molecule has 1 aromatic carbocycles. The number of carbonyl (C=O) groups is 1. The van der Waals surface area contributed by atoms with E-state index in [0.29, 0.717) is 10.6 Å². The molecule has 1 atom stereocenters. The Balaban J connectivity index is 2.85. The third kappa shape index (κ3) is 3.79. The minimum absolute atomic E-state index is 0.0645. The molecule has 4 heteroatoms. The van der Waals surface area contributed by atoms with Crippen molar-refractivity contribution in [1.29, 1.82) is 0 Å². The molecule has 0 aromatic heterocycles. The molecule has 94 valence electrons. The summed E-state index contributed by atoms with van der Waals surface area (Å²) in [6.45, 7) is 5.67. The van der Waals surface area contributed by atoms with Crippen LogP contribution in [-0.4, -0.2) is 11.8 Å². The van der Waals surface area contributed by atoms with Crippen molar-refractivity contribution < 1.29 is 9.18 Å². The highest BCUT2D eigenvalue weighted by atomic mass is 35.5. The van der Waals surface area contributed by atoms with Crippen LogP contribution in [0.1, 0.15) is 26.3 Å². The first-order chi connectivity index (χ1) is 7.71. The molecule has 0 aliphatic rings. The van der Waals surface area contributed by atoms with Crippen LogP contribution < -0.4 is 5.73 Å². The number of Topliss-reactive ketones (excluding diaryl/α,β-unsaturated/α-hetero) is 1. The average Bonchev–Trinajstić information content (AvgIpc) is 2.21. The normalized spacial score (nSPS) is 13.5. The van der Waals surface area contributed by atoms with Gasteiger partial charge in [0.25, 0.3) is 0 Å². The quantitative estimate of drug-likeness (QED) is 0.905. The Kier molecular flexibility index (Phi) is 4.28. The summed E-state index contributed by atoms with van der Waals surface area (Å²) in [5.41, 5.74) is 6.02. The number of nitrogens with two attached hydrogens (primary N) is 1. The van der Waals surface area contributed by atoms with Crippen molar-refractivity contribution in [1.82, 2.24) is 0 Å². The zero-order valence-electron chi connectivity index (χ0n) is 10.3. The van der Waals surface area contributed by atoms with E-state index in [4.69, 9.17) is 17.3 Å². The monoisotopic (exact) mass is 257 g/mol. The highest BCUT2D eigenvalue weighted by Crippen LogP contribution is 2.22. The van der Waals surface area contributed by atoms with Crippen LogP contribution in [0.3, 0.4) is 0 Å². The molecular weight excluding hydrogens is 241 g/mol. The zero-order valence-corrected chi connectivity index (χ0v) is 11.0. The molecule has 0 heterocycles. The molecule has 1 rings (SSSR count). The van der Waals surface area contributed by atoms with Crippen LogP contribution in [0.5, 0.6) is 0 Å². The fraction of sp³-hybridized carbons (Fsp3) is 0.462. The standard InChI is InChI=1S/C13H17ClFNO/c1-13(2,3)12(16)11(17)7-8-6-9(15)4-5-10(8)14/h4-6,12H,7,16H2,1-3H3. The van der Waals surface area contributed by atoms with Crippen LogP contribution in [0.2, 0.25) is 5.02 Å². The lowest BCUT2D eigenvalue weighted by Crippen LogP contribution is -2.43. The van der Waals surface area contributed by atoms with Gasteiger partial charge >= 0.3 is 0 Å². The lowest BCUT2D eigenvalue weighted by atomic mass is 9.83. The lowest BCUT2D eigenvalue weighted by Gasteiger charge is -2.25. The van der Waals surface area contributed by atoms with E-state index in [9.17, 15) is 9.18 Å². The van der Waals surface area contributed by atoms with Gasteiger partial charge in [0.05, 0.1) is 6.04 Å². The maximum absolute atomic E-state index is 13.0. The van der Waals surface area contributed by atoms with E-state index in [1.807, 2.05) is 20.8 Å². The Labute approximate surface area is 106 Å². The van der Waals surface area contributed by atoms with Gasteiger partial charge in [0.1, 0.15) is 5.82 Å². The molecule has 0 saturated heterocycles. The van der Waals surface area contributed by atoms with Crippen molar-refractivity contribution in [3.05, 3.63) is 34.6 Å². The minimum atomic E-state index is -0.582. The summed E-state index contributed by atoms with van der Waals surface area (Å²) < 4.78 is 13.0. The maximum atomic E-state index is 13.0. The first-order valence-corrected chi connectivity index (χ1v) is 5.82. The fourth-order valence-electron chi connectivity index (χ4n) is 1.46. The number of benzene rings is 1. The van der Waals surface area contributed by atoms with Crippen molar-refractivity contribution in [3.63, 3.8) is 0 Å². The molecular formula is C13H17ClFNO. The van der Waals surface area contributed by atoms with Gasteiger partial charge in [0.15, 0.2) is 5.78 Å². The van der Waals surface area contributed by atoms with Crippen molar-refractivity contribution >= 4 is 17.4 Å². The molecule has 0 amide bonds. The SMILES string of the molecule is CC(C)(C)C(N)C(=O)Cc1cc(F)ccc1Cl. The van der Waals surface area contributed by atoms with Gasteiger partial charge in [-0.1, -0.05) is 32.4 Å². The summed E-state index contributed by atoms with van der Waals surface area (Å²) in [4.78, 5) is 11.9. The van der Waals surface area contributed by atoms with Gasteiger partial charge in [0.2, 0.25) is 0 Å². The predicted octanol–water partition coefficient (Wildman–Crippen LogP) is 2.96. The second-order valence-corrected chi connectivity index (χ2v) is 5.63. The highest BCUT2D eigenvalue weighted by molar-refractivity contribution is 6.31. The second kappa shape index (κ2) is 5.15. The van der Waals surface area contributed by atoms with Gasteiger partial charge in [-0.3, -0.25) is 4.79 Å². The molecule has 2 nitrogen and oxygen atoms in total. The van der Waals surface area contributed by atoms with Crippen molar-refractivity contribution in [3.8, 4) is 0 Å². The smallest absolute Gasteiger partial charge is 0.154 e. The Morgan fingerprint density at radius 1 is 1.47 bits per heavy atom. The van der Waals surface area contributed by atoms with E-state index in [2.05, 4.69) is 0 Å². The number of carbonyl (C=O) groups excluding carboxylic acids is 1. The van der Waals surface area contributed by atoms with E-state index >= 15 is 0 Å². The van der Waals surface area contributed by atoms with Crippen molar-refractivity contribution in [2.24, 2.45) is 11.1 Å². The summed E-state index contributed by atoms with van der Waals surface area (Å²) in [5.74, 6) is -0.536. The number of hydrogen-bond acceptors (Lipinski definition) is 2. The minimum Gasteiger partial charge on any atom is -0.321 e. The fourth-order valence-corrected chi connectivity index (χ4v) is 1.64. The van der Waals surface area contributed by atoms with E-state index in [1.165, 1.54) is 18.2 Å². The van der Waals surface area contributed by atoms with Gasteiger partial charge in [-0.05, 0) is 29.2 Å². The summed E-state index contributed by atoms with van der Waals surface area (Å²) >= 11 is 5.90. The molecule has 0 spiro atoms. The molecule has 2 N–H and O–H groups in total. The van der Waals surface area contributed by atoms with E-state index < -0.39 is 11.9 Å². The van der Waals surface area contributed by atoms with E-state index in [1.54, 1.807) is 0 Å². The third-order valence-electron chi connectivity index (χ3n) is 2.65. The Morgan fingerprint density at radius 2 is 2.06 bits per heavy atom. The molecule has 0 aliphatic heterocycles. The van der Waals surface area contributed by atoms with E-state index in [-0.39, 0.29) is 17.6 Å². The van der Waals surface area contributed by atoms with Gasteiger partial charge < -0.3 is 5.73 Å². The van der Waals surface area contributed by atoms with Crippen LogP contribution in [-0.2, 0) is 11.2 Å². The van der Waals surface area contributed by atoms with Crippen LogP contribution in [0, 0.1) is 11.2 Å². The van der Waals surface area contributed by atoms with Gasteiger partial charge in [-0.25, -0.2) is 4.39 Å². The zero-order chi connectivity index (χ0) is 13.2. The molecule has 1 aromatic rings.